The Labute approximate surface area is 175 Å². The zero-order valence-corrected chi connectivity index (χ0v) is 24.7. The molecule has 27 heavy (non-hydrogen) atoms. The molecule has 0 heterocycles. The lowest BCUT2D eigenvalue weighted by atomic mass is 10.4. The predicted octanol–water partition coefficient (Wildman–Crippen LogP) is 5.63. The monoisotopic (exact) mass is 450 g/mol. The third-order valence-corrected chi connectivity index (χ3v) is 18.2. The third kappa shape index (κ3) is 10.9. The topological polar surface area (TPSA) is 24.9 Å². The van der Waals surface area contributed by atoms with Crippen molar-refractivity contribution >= 4 is 33.3 Å². The van der Waals surface area contributed by atoms with E-state index in [1.807, 2.05) is 0 Å². The molecule has 4 nitrogen and oxygen atoms in total. The number of rotatable bonds is 14. The van der Waals surface area contributed by atoms with Crippen molar-refractivity contribution in [2.45, 2.75) is 91.8 Å². The Hall–Kier alpha value is 0.708. The van der Waals surface area contributed by atoms with Crippen molar-refractivity contribution in [3.05, 3.63) is 0 Å². The van der Waals surface area contributed by atoms with Crippen LogP contribution < -0.4 is 0 Å². The fraction of sp³-hybridized carbons (Fsp3) is 1.00. The summed E-state index contributed by atoms with van der Waals surface area (Å²) in [6.07, 6.45) is 1.19. The molecular formula is C19H50N2O2Si4. The van der Waals surface area contributed by atoms with Gasteiger partial charge in [-0.05, 0) is 45.9 Å². The lowest BCUT2D eigenvalue weighted by Gasteiger charge is -2.46. The lowest BCUT2D eigenvalue weighted by molar-refractivity contribution is 0.187. The molecule has 0 aliphatic carbocycles. The first-order chi connectivity index (χ1) is 12.1. The third-order valence-electron chi connectivity index (χ3n) is 5.12. The largest absolute Gasteiger partial charge is 0.395 e. The van der Waals surface area contributed by atoms with E-state index in [-0.39, 0.29) is 0 Å². The molecule has 0 bridgehead atoms. The van der Waals surface area contributed by atoms with Gasteiger partial charge >= 0.3 is 8.56 Å². The summed E-state index contributed by atoms with van der Waals surface area (Å²) in [6.45, 7) is 34.1. The maximum absolute atomic E-state index is 6.04. The molecule has 0 aromatic rings. The Bertz CT molecular complexity index is 397. The second kappa shape index (κ2) is 11.2. The molecule has 0 aromatic carbocycles. The molecule has 0 fully saturated rings. The van der Waals surface area contributed by atoms with Crippen molar-refractivity contribution in [1.82, 2.24) is 8.80 Å². The van der Waals surface area contributed by atoms with Crippen LogP contribution in [0.15, 0.2) is 0 Å². The van der Waals surface area contributed by atoms with E-state index >= 15 is 0 Å². The first kappa shape index (κ1) is 27.7. The summed E-state index contributed by atoms with van der Waals surface area (Å²) in [5.41, 5.74) is 0. The first-order valence-corrected chi connectivity index (χ1v) is 23.7. The molecular weight excluding hydrogens is 401 g/mol. The molecule has 0 saturated heterocycles. The smallest absolute Gasteiger partial charge is 0.334 e. The van der Waals surface area contributed by atoms with E-state index in [9.17, 15) is 0 Å². The van der Waals surface area contributed by atoms with Gasteiger partial charge in [-0.3, -0.25) is 0 Å². The van der Waals surface area contributed by atoms with E-state index in [0.717, 1.165) is 19.3 Å². The van der Waals surface area contributed by atoms with Crippen LogP contribution in [0.2, 0.25) is 71.5 Å². The van der Waals surface area contributed by atoms with Crippen molar-refractivity contribution in [3.8, 4) is 0 Å². The minimum absolute atomic E-state index is 0.766. The van der Waals surface area contributed by atoms with Gasteiger partial charge in [0, 0.05) is 19.8 Å². The van der Waals surface area contributed by atoms with E-state index < -0.39 is 33.3 Å². The van der Waals surface area contributed by atoms with Crippen molar-refractivity contribution in [2.24, 2.45) is 0 Å². The Balaban J connectivity index is 4.96. The maximum atomic E-state index is 6.04. The fourth-order valence-electron chi connectivity index (χ4n) is 4.07. The number of hydrogen-bond donors (Lipinski definition) is 0. The molecule has 164 valence electrons. The van der Waals surface area contributed by atoms with Crippen LogP contribution in [-0.2, 0) is 8.85 Å². The molecule has 0 atom stereocenters. The molecule has 0 radical (unpaired) electrons. The SMILES string of the molecule is CCO[Si](C)(CCCN(CCN([Si](C)(C)C)[Si](C)(C)C)[Si](C)(C)C)OCC. The van der Waals surface area contributed by atoms with Crippen LogP contribution in [0.3, 0.4) is 0 Å². The highest BCUT2D eigenvalue weighted by molar-refractivity contribution is 6.89. The second-order valence-electron chi connectivity index (χ2n) is 10.8. The zero-order chi connectivity index (χ0) is 21.5. The summed E-state index contributed by atoms with van der Waals surface area (Å²) in [5, 5.41) is 0. The highest BCUT2D eigenvalue weighted by Gasteiger charge is 2.36. The Morgan fingerprint density at radius 2 is 1.04 bits per heavy atom. The van der Waals surface area contributed by atoms with Gasteiger partial charge < -0.3 is 17.6 Å². The summed E-state index contributed by atoms with van der Waals surface area (Å²) in [6, 6.07) is 1.10. The summed E-state index contributed by atoms with van der Waals surface area (Å²) in [5.74, 6) is 0. The number of hydrogen-bond acceptors (Lipinski definition) is 4. The molecule has 0 unspecified atom stereocenters. The highest BCUT2D eigenvalue weighted by Crippen LogP contribution is 2.22. The van der Waals surface area contributed by atoms with E-state index in [1.54, 1.807) is 0 Å². The molecule has 8 heteroatoms. The molecule has 0 amide bonds. The van der Waals surface area contributed by atoms with Crippen LogP contribution in [0.25, 0.3) is 0 Å². The maximum Gasteiger partial charge on any atom is 0.334 e. The first-order valence-electron chi connectivity index (χ1n) is 10.9. The lowest BCUT2D eigenvalue weighted by Crippen LogP contribution is -2.62. The van der Waals surface area contributed by atoms with Crippen LogP contribution in [0, 0.1) is 0 Å². The number of nitrogens with zero attached hydrogens (tertiary/aromatic N) is 2. The zero-order valence-electron chi connectivity index (χ0n) is 20.7. The molecule has 0 spiro atoms. The molecule has 0 aromatic heterocycles. The van der Waals surface area contributed by atoms with Gasteiger partial charge in [-0.15, -0.1) is 0 Å². The van der Waals surface area contributed by atoms with Gasteiger partial charge in [0.05, 0.1) is 0 Å². The van der Waals surface area contributed by atoms with Crippen molar-refractivity contribution in [2.75, 3.05) is 32.8 Å². The van der Waals surface area contributed by atoms with E-state index in [2.05, 4.69) is 88.1 Å². The predicted molar refractivity (Wildman–Crippen MR) is 133 cm³/mol. The van der Waals surface area contributed by atoms with Gasteiger partial charge in [-0.25, -0.2) is 0 Å². The van der Waals surface area contributed by atoms with Gasteiger partial charge in [0.15, 0.2) is 0 Å². The summed E-state index contributed by atoms with van der Waals surface area (Å²) < 4.78 is 17.8. The molecule has 0 saturated carbocycles. The molecule has 0 aliphatic rings. The Morgan fingerprint density at radius 1 is 0.593 bits per heavy atom. The average molecular weight is 451 g/mol. The standard InChI is InChI=1S/C19H50N2O2Si4/c1-13-22-27(12,23-14-2)19-15-16-20(24(3,4)5)17-18-21(25(6,7)8)26(9,10)11/h13-19H2,1-12H3. The van der Waals surface area contributed by atoms with Crippen molar-refractivity contribution in [1.29, 1.82) is 0 Å². The van der Waals surface area contributed by atoms with Gasteiger partial charge in [0.1, 0.15) is 24.7 Å². The van der Waals surface area contributed by atoms with Crippen molar-refractivity contribution < 1.29 is 8.85 Å². The summed E-state index contributed by atoms with van der Waals surface area (Å²) in [7, 11) is -5.88. The fourth-order valence-corrected chi connectivity index (χ4v) is 17.7. The minimum atomic E-state index is -1.99. The molecule has 0 N–H and O–H groups in total. The van der Waals surface area contributed by atoms with Crippen LogP contribution in [0.5, 0.6) is 0 Å². The van der Waals surface area contributed by atoms with E-state index in [1.165, 1.54) is 26.1 Å². The van der Waals surface area contributed by atoms with E-state index in [0.29, 0.717) is 0 Å². The summed E-state index contributed by atoms with van der Waals surface area (Å²) >= 11 is 0. The Kier molecular flexibility index (Phi) is 11.5. The van der Waals surface area contributed by atoms with Crippen LogP contribution >= 0.6 is 0 Å². The second-order valence-corrected chi connectivity index (χ2v) is 29.3. The van der Waals surface area contributed by atoms with Crippen molar-refractivity contribution in [3.63, 3.8) is 0 Å². The van der Waals surface area contributed by atoms with Gasteiger partial charge in [-0.2, -0.15) is 0 Å². The highest BCUT2D eigenvalue weighted by atomic mass is 28.4. The summed E-state index contributed by atoms with van der Waals surface area (Å²) in [4.78, 5) is 0. The van der Waals surface area contributed by atoms with Gasteiger partial charge in [0.25, 0.3) is 0 Å². The Morgan fingerprint density at radius 3 is 1.37 bits per heavy atom. The van der Waals surface area contributed by atoms with Crippen LogP contribution in [0.1, 0.15) is 20.3 Å². The quantitative estimate of drug-likeness (QED) is 0.320. The molecule has 0 rings (SSSR count). The van der Waals surface area contributed by atoms with Crippen LogP contribution in [0.4, 0.5) is 0 Å². The van der Waals surface area contributed by atoms with Gasteiger partial charge in [-0.1, -0.05) is 58.9 Å². The molecule has 0 aliphatic heterocycles. The van der Waals surface area contributed by atoms with E-state index in [4.69, 9.17) is 8.85 Å². The van der Waals surface area contributed by atoms with Crippen LogP contribution in [-0.4, -0.2) is 74.9 Å². The van der Waals surface area contributed by atoms with Gasteiger partial charge in [0.2, 0.25) is 0 Å². The minimum Gasteiger partial charge on any atom is -0.395 e. The normalized spacial score (nSPS) is 14.4. The average Bonchev–Trinajstić information content (AvgIpc) is 2.42.